The Morgan fingerprint density at radius 1 is 0.431 bits per heavy atom. The van der Waals surface area contributed by atoms with Crippen LogP contribution in [0.2, 0.25) is 0 Å². The minimum atomic E-state index is -0.935. The van der Waals surface area contributed by atoms with Gasteiger partial charge in [-0.1, -0.05) is 202 Å². The molecule has 6 heteroatoms. The molecule has 0 aliphatic heterocycles. The minimum absolute atomic E-state index is 0.113. The fourth-order valence-electron chi connectivity index (χ4n) is 6.90. The molecule has 0 aromatic rings. The smallest absolute Gasteiger partial charge is 0.308 e. The third-order valence-electron chi connectivity index (χ3n) is 10.4. The van der Waals surface area contributed by atoms with Gasteiger partial charge in [-0.2, -0.15) is 0 Å². The fraction of sp³-hybridized carbons (Fsp3) is 0.933. The van der Waals surface area contributed by atoms with Crippen molar-refractivity contribution in [3.05, 3.63) is 0 Å². The van der Waals surface area contributed by atoms with E-state index in [9.17, 15) is 19.5 Å². The van der Waals surface area contributed by atoms with Crippen LogP contribution < -0.4 is 0 Å². The van der Waals surface area contributed by atoms with E-state index in [4.69, 9.17) is 9.47 Å². The first-order valence-corrected chi connectivity index (χ1v) is 22.2. The second-order valence-corrected chi connectivity index (χ2v) is 16.7. The summed E-state index contributed by atoms with van der Waals surface area (Å²) in [4.78, 5) is 36.7. The van der Waals surface area contributed by atoms with Crippen molar-refractivity contribution >= 4 is 17.9 Å². The van der Waals surface area contributed by atoms with Gasteiger partial charge in [0.25, 0.3) is 0 Å². The number of rotatable bonds is 39. The number of hydrogen-bond acceptors (Lipinski definition) is 5. The van der Waals surface area contributed by atoms with E-state index in [0.29, 0.717) is 13.2 Å². The van der Waals surface area contributed by atoms with Crippen molar-refractivity contribution in [2.45, 2.75) is 234 Å². The lowest BCUT2D eigenvalue weighted by Gasteiger charge is -2.18. The fourth-order valence-corrected chi connectivity index (χ4v) is 6.90. The topological polar surface area (TPSA) is 89.9 Å². The molecule has 302 valence electrons. The van der Waals surface area contributed by atoms with Gasteiger partial charge in [0.2, 0.25) is 0 Å². The quantitative estimate of drug-likeness (QED) is 0.0502. The molecular weight excluding hydrogens is 636 g/mol. The Bertz CT molecular complexity index is 794. The Labute approximate surface area is 316 Å². The van der Waals surface area contributed by atoms with Crippen molar-refractivity contribution < 1.29 is 29.0 Å². The van der Waals surface area contributed by atoms with Gasteiger partial charge in [0, 0.05) is 6.42 Å². The van der Waals surface area contributed by atoms with Crippen LogP contribution in [0.1, 0.15) is 234 Å². The summed E-state index contributed by atoms with van der Waals surface area (Å²) in [6.07, 6.45) is 36.4. The van der Waals surface area contributed by atoms with Gasteiger partial charge < -0.3 is 14.6 Å². The molecule has 0 fully saturated rings. The molecule has 51 heavy (non-hydrogen) atoms. The second-order valence-electron chi connectivity index (χ2n) is 16.7. The molecular formula is C45H86O6. The number of aliphatic carboxylic acids is 1. The maximum Gasteiger partial charge on any atom is 0.308 e. The number of hydrogen-bond donors (Lipinski definition) is 1. The maximum atomic E-state index is 12.8. The zero-order valence-electron chi connectivity index (χ0n) is 34.6. The van der Waals surface area contributed by atoms with E-state index in [-0.39, 0.29) is 31.2 Å². The van der Waals surface area contributed by atoms with Crippen LogP contribution >= 0.6 is 0 Å². The number of carboxylic acids is 1. The molecule has 0 rings (SSSR count). The highest BCUT2D eigenvalue weighted by Gasteiger charge is 2.26. The van der Waals surface area contributed by atoms with Gasteiger partial charge in [-0.3, -0.25) is 14.4 Å². The van der Waals surface area contributed by atoms with Gasteiger partial charge in [-0.25, -0.2) is 0 Å². The summed E-state index contributed by atoms with van der Waals surface area (Å²) >= 11 is 0. The van der Waals surface area contributed by atoms with E-state index in [1.807, 2.05) is 0 Å². The molecule has 6 nitrogen and oxygen atoms in total. The van der Waals surface area contributed by atoms with Crippen molar-refractivity contribution in [2.24, 2.45) is 23.7 Å². The van der Waals surface area contributed by atoms with Crippen molar-refractivity contribution in [1.82, 2.24) is 0 Å². The molecule has 0 aliphatic carbocycles. The van der Waals surface area contributed by atoms with Gasteiger partial charge in [0.15, 0.2) is 0 Å². The molecule has 2 atom stereocenters. The van der Waals surface area contributed by atoms with Crippen LogP contribution in [0.5, 0.6) is 0 Å². The van der Waals surface area contributed by atoms with E-state index in [0.717, 1.165) is 43.9 Å². The van der Waals surface area contributed by atoms with Crippen LogP contribution in [-0.4, -0.2) is 36.2 Å². The molecule has 0 saturated carbocycles. The van der Waals surface area contributed by atoms with Gasteiger partial charge in [0.05, 0.1) is 25.0 Å². The van der Waals surface area contributed by atoms with E-state index in [1.54, 1.807) is 6.92 Å². The van der Waals surface area contributed by atoms with Crippen LogP contribution in [0, 0.1) is 23.7 Å². The third-order valence-corrected chi connectivity index (χ3v) is 10.4. The Morgan fingerprint density at radius 2 is 0.745 bits per heavy atom. The maximum absolute atomic E-state index is 12.8. The Balaban J connectivity index is 3.87. The zero-order chi connectivity index (χ0) is 37.8. The van der Waals surface area contributed by atoms with Gasteiger partial charge in [0.1, 0.15) is 0 Å². The Hall–Kier alpha value is -1.59. The number of carboxylic acid groups (broad SMARTS) is 1. The molecule has 0 heterocycles. The van der Waals surface area contributed by atoms with Crippen molar-refractivity contribution in [3.8, 4) is 0 Å². The van der Waals surface area contributed by atoms with Gasteiger partial charge >= 0.3 is 17.9 Å². The first kappa shape index (κ1) is 49.4. The summed E-state index contributed by atoms with van der Waals surface area (Å²) < 4.78 is 11.0. The summed E-state index contributed by atoms with van der Waals surface area (Å²) in [7, 11) is 0. The third kappa shape index (κ3) is 36.6. The van der Waals surface area contributed by atoms with Crippen LogP contribution in [0.15, 0.2) is 0 Å². The number of carbonyl (C=O) groups excluding carboxylic acids is 2. The SMILES string of the molecule is CC(C)CCCCCCCCCCCCCCCOC(=O)CCC(CC(C)C(=O)O)C(=O)OCCCCCCCCCCCCCCCC(C)C. The summed E-state index contributed by atoms with van der Waals surface area (Å²) in [5, 5.41) is 9.39. The molecule has 0 aromatic heterocycles. The van der Waals surface area contributed by atoms with Crippen LogP contribution in [0.25, 0.3) is 0 Å². The van der Waals surface area contributed by atoms with E-state index in [2.05, 4.69) is 27.7 Å². The highest BCUT2D eigenvalue weighted by molar-refractivity contribution is 5.76. The standard InChI is InChI=1S/C45H86O6/c1-39(2)32-28-24-20-16-12-8-6-10-14-18-22-26-30-36-50-43(46)35-34-42(38-41(5)44(47)48)45(49)51-37-31-27-23-19-15-11-7-9-13-17-21-25-29-33-40(3)4/h39-42H,6-38H2,1-5H3,(H,47,48). The number of unbranched alkanes of at least 4 members (excludes halogenated alkanes) is 24. The van der Waals surface area contributed by atoms with E-state index < -0.39 is 17.8 Å². The first-order chi connectivity index (χ1) is 24.6. The average Bonchev–Trinajstić information content (AvgIpc) is 3.09. The van der Waals surface area contributed by atoms with Crippen molar-refractivity contribution in [2.75, 3.05) is 13.2 Å². The van der Waals surface area contributed by atoms with Gasteiger partial charge in [-0.05, 0) is 37.5 Å². The lowest BCUT2D eigenvalue weighted by atomic mass is 9.92. The summed E-state index contributed by atoms with van der Waals surface area (Å²) in [5.41, 5.74) is 0. The number of ether oxygens (including phenoxy) is 2. The molecule has 0 aliphatic rings. The number of esters is 2. The molecule has 2 unspecified atom stereocenters. The average molecular weight is 723 g/mol. The molecule has 0 amide bonds. The Kier molecular flexibility index (Phi) is 35.6. The lowest BCUT2D eigenvalue weighted by Crippen LogP contribution is -2.24. The minimum Gasteiger partial charge on any atom is -0.481 e. The predicted octanol–water partition coefficient (Wildman–Crippen LogP) is 13.8. The predicted molar refractivity (Wildman–Crippen MR) is 215 cm³/mol. The van der Waals surface area contributed by atoms with Crippen molar-refractivity contribution in [1.29, 1.82) is 0 Å². The summed E-state index contributed by atoms with van der Waals surface area (Å²) in [6, 6.07) is 0. The highest BCUT2D eigenvalue weighted by Crippen LogP contribution is 2.21. The normalized spacial score (nSPS) is 12.8. The molecule has 0 saturated heterocycles. The highest BCUT2D eigenvalue weighted by atomic mass is 16.5. The van der Waals surface area contributed by atoms with Crippen LogP contribution in [0.3, 0.4) is 0 Å². The van der Waals surface area contributed by atoms with Gasteiger partial charge in [-0.15, -0.1) is 0 Å². The Morgan fingerprint density at radius 3 is 1.08 bits per heavy atom. The summed E-state index contributed by atoms with van der Waals surface area (Å²) in [5.74, 6) is -1.22. The van der Waals surface area contributed by atoms with E-state index in [1.165, 1.54) is 148 Å². The largest absolute Gasteiger partial charge is 0.481 e. The first-order valence-electron chi connectivity index (χ1n) is 22.2. The summed E-state index contributed by atoms with van der Waals surface area (Å²) in [6.45, 7) is 11.6. The molecule has 0 radical (unpaired) electrons. The second kappa shape index (κ2) is 36.8. The molecule has 1 N–H and O–H groups in total. The van der Waals surface area contributed by atoms with E-state index >= 15 is 0 Å². The zero-order valence-corrected chi connectivity index (χ0v) is 34.6. The molecule has 0 spiro atoms. The lowest BCUT2D eigenvalue weighted by molar-refractivity contribution is -0.151. The number of carbonyl (C=O) groups is 3. The van der Waals surface area contributed by atoms with Crippen LogP contribution in [0.4, 0.5) is 0 Å². The monoisotopic (exact) mass is 723 g/mol. The molecule has 0 bridgehead atoms. The molecule has 0 aromatic carbocycles. The van der Waals surface area contributed by atoms with Crippen molar-refractivity contribution in [3.63, 3.8) is 0 Å². The van der Waals surface area contributed by atoms with Crippen LogP contribution in [-0.2, 0) is 23.9 Å².